The number of aliphatic hydroxyl groups excluding tert-OH is 1. The van der Waals surface area contributed by atoms with Crippen molar-refractivity contribution in [2.24, 2.45) is 0 Å². The molecule has 3 nitrogen and oxygen atoms in total. The third-order valence-electron chi connectivity index (χ3n) is 2.71. The number of unbranched alkanes of at least 4 members (excludes halogenated alkanes) is 3. The SMILES string of the molecule is CCCCCCOCC(C)(CO)NCCC. The van der Waals surface area contributed by atoms with Gasteiger partial charge in [-0.3, -0.25) is 0 Å². The molecule has 0 saturated heterocycles. The lowest BCUT2D eigenvalue weighted by Crippen LogP contribution is -2.50. The maximum absolute atomic E-state index is 9.31. The van der Waals surface area contributed by atoms with Gasteiger partial charge in [0.05, 0.1) is 18.8 Å². The summed E-state index contributed by atoms with van der Waals surface area (Å²) >= 11 is 0. The fourth-order valence-electron chi connectivity index (χ4n) is 1.51. The Morgan fingerprint density at radius 3 is 2.44 bits per heavy atom. The molecule has 0 aliphatic heterocycles. The molecule has 3 heteroatoms. The van der Waals surface area contributed by atoms with E-state index in [-0.39, 0.29) is 12.1 Å². The van der Waals surface area contributed by atoms with Crippen molar-refractivity contribution in [3.8, 4) is 0 Å². The van der Waals surface area contributed by atoms with Crippen molar-refractivity contribution in [2.45, 2.75) is 58.4 Å². The van der Waals surface area contributed by atoms with E-state index in [1.54, 1.807) is 0 Å². The lowest BCUT2D eigenvalue weighted by molar-refractivity contribution is 0.0429. The molecule has 0 aliphatic rings. The minimum atomic E-state index is -0.277. The maximum Gasteiger partial charge on any atom is 0.0668 e. The van der Waals surface area contributed by atoms with Crippen LogP contribution in [0.2, 0.25) is 0 Å². The van der Waals surface area contributed by atoms with Crippen LogP contribution >= 0.6 is 0 Å². The van der Waals surface area contributed by atoms with Gasteiger partial charge in [0.25, 0.3) is 0 Å². The highest BCUT2D eigenvalue weighted by atomic mass is 16.5. The molecule has 98 valence electrons. The van der Waals surface area contributed by atoms with Crippen LogP contribution in [0.4, 0.5) is 0 Å². The largest absolute Gasteiger partial charge is 0.394 e. The van der Waals surface area contributed by atoms with Crippen LogP contribution in [0.5, 0.6) is 0 Å². The van der Waals surface area contributed by atoms with Crippen molar-refractivity contribution in [1.82, 2.24) is 5.32 Å². The van der Waals surface area contributed by atoms with E-state index in [4.69, 9.17) is 4.74 Å². The van der Waals surface area contributed by atoms with Crippen molar-refractivity contribution in [1.29, 1.82) is 0 Å². The topological polar surface area (TPSA) is 41.5 Å². The first-order valence-corrected chi connectivity index (χ1v) is 6.62. The van der Waals surface area contributed by atoms with Crippen LogP contribution in [0.15, 0.2) is 0 Å². The molecule has 0 radical (unpaired) electrons. The van der Waals surface area contributed by atoms with E-state index in [1.165, 1.54) is 19.3 Å². The van der Waals surface area contributed by atoms with E-state index >= 15 is 0 Å². The molecule has 0 aromatic rings. The fourth-order valence-corrected chi connectivity index (χ4v) is 1.51. The standard InChI is InChI=1S/C13H29NO2/c1-4-6-7-8-10-16-12-13(3,11-15)14-9-5-2/h14-15H,4-12H2,1-3H3. The lowest BCUT2D eigenvalue weighted by atomic mass is 10.1. The van der Waals surface area contributed by atoms with Crippen LogP contribution in [0.3, 0.4) is 0 Å². The van der Waals surface area contributed by atoms with Crippen LogP contribution in [-0.2, 0) is 4.74 Å². The molecule has 1 atom stereocenters. The molecule has 0 spiro atoms. The number of ether oxygens (including phenoxy) is 1. The van der Waals surface area contributed by atoms with Crippen LogP contribution in [0.25, 0.3) is 0 Å². The van der Waals surface area contributed by atoms with Crippen LogP contribution in [0, 0.1) is 0 Å². The second-order valence-corrected chi connectivity index (χ2v) is 4.76. The Morgan fingerprint density at radius 1 is 1.12 bits per heavy atom. The zero-order chi connectivity index (χ0) is 12.3. The average molecular weight is 231 g/mol. The second-order valence-electron chi connectivity index (χ2n) is 4.76. The highest BCUT2D eigenvalue weighted by molar-refractivity contribution is 4.81. The second kappa shape index (κ2) is 10.1. The summed E-state index contributed by atoms with van der Waals surface area (Å²) in [4.78, 5) is 0. The Bertz CT molecular complexity index is 153. The van der Waals surface area contributed by atoms with Crippen molar-refractivity contribution >= 4 is 0 Å². The number of hydrogen-bond donors (Lipinski definition) is 2. The summed E-state index contributed by atoms with van der Waals surface area (Å²) in [7, 11) is 0. The quantitative estimate of drug-likeness (QED) is 0.536. The van der Waals surface area contributed by atoms with E-state index in [0.29, 0.717) is 6.61 Å². The first-order chi connectivity index (χ1) is 7.68. The van der Waals surface area contributed by atoms with Gasteiger partial charge in [-0.2, -0.15) is 0 Å². The van der Waals surface area contributed by atoms with Gasteiger partial charge in [-0.15, -0.1) is 0 Å². The summed E-state index contributed by atoms with van der Waals surface area (Å²) in [6.45, 7) is 8.79. The normalized spacial score (nSPS) is 15.0. The summed E-state index contributed by atoms with van der Waals surface area (Å²) in [5.41, 5.74) is -0.277. The molecular formula is C13H29NO2. The van der Waals surface area contributed by atoms with Gasteiger partial charge in [0.1, 0.15) is 0 Å². The van der Waals surface area contributed by atoms with E-state index in [1.807, 2.05) is 6.92 Å². The number of rotatable bonds is 11. The van der Waals surface area contributed by atoms with E-state index in [2.05, 4.69) is 19.2 Å². The van der Waals surface area contributed by atoms with Crippen LogP contribution in [-0.4, -0.2) is 37.0 Å². The van der Waals surface area contributed by atoms with Crippen molar-refractivity contribution in [3.63, 3.8) is 0 Å². The van der Waals surface area contributed by atoms with Gasteiger partial charge in [-0.05, 0) is 26.3 Å². The van der Waals surface area contributed by atoms with Crippen LogP contribution in [0.1, 0.15) is 52.9 Å². The summed E-state index contributed by atoms with van der Waals surface area (Å²) in [5, 5.41) is 12.6. The fraction of sp³-hybridized carbons (Fsp3) is 1.00. The summed E-state index contributed by atoms with van der Waals surface area (Å²) in [6, 6.07) is 0. The minimum Gasteiger partial charge on any atom is -0.394 e. The highest BCUT2D eigenvalue weighted by Gasteiger charge is 2.22. The van der Waals surface area contributed by atoms with Gasteiger partial charge in [0.2, 0.25) is 0 Å². The third-order valence-corrected chi connectivity index (χ3v) is 2.71. The first kappa shape index (κ1) is 15.9. The maximum atomic E-state index is 9.31. The van der Waals surface area contributed by atoms with Crippen molar-refractivity contribution < 1.29 is 9.84 Å². The van der Waals surface area contributed by atoms with Gasteiger partial charge in [-0.1, -0.05) is 33.1 Å². The molecule has 0 aliphatic carbocycles. The lowest BCUT2D eigenvalue weighted by Gasteiger charge is -2.28. The molecule has 0 rings (SSSR count). The van der Waals surface area contributed by atoms with E-state index < -0.39 is 0 Å². The first-order valence-electron chi connectivity index (χ1n) is 6.62. The van der Waals surface area contributed by atoms with Crippen molar-refractivity contribution in [3.05, 3.63) is 0 Å². The van der Waals surface area contributed by atoms with Gasteiger partial charge in [-0.25, -0.2) is 0 Å². The minimum absolute atomic E-state index is 0.127. The summed E-state index contributed by atoms with van der Waals surface area (Å²) in [5.74, 6) is 0. The summed E-state index contributed by atoms with van der Waals surface area (Å²) < 4.78 is 5.61. The third kappa shape index (κ3) is 8.08. The molecule has 0 saturated carbocycles. The van der Waals surface area contributed by atoms with Gasteiger partial charge in [0, 0.05) is 6.61 Å². The Labute approximate surface area is 101 Å². The monoisotopic (exact) mass is 231 g/mol. The van der Waals surface area contributed by atoms with Crippen LogP contribution < -0.4 is 5.32 Å². The number of aliphatic hydroxyl groups is 1. The highest BCUT2D eigenvalue weighted by Crippen LogP contribution is 2.05. The predicted molar refractivity (Wildman–Crippen MR) is 68.7 cm³/mol. The molecule has 2 N–H and O–H groups in total. The molecule has 0 fully saturated rings. The molecule has 16 heavy (non-hydrogen) atoms. The number of hydrogen-bond acceptors (Lipinski definition) is 3. The predicted octanol–water partition coefficient (Wildman–Crippen LogP) is 2.33. The van der Waals surface area contributed by atoms with E-state index in [9.17, 15) is 5.11 Å². The molecule has 0 heterocycles. The molecule has 1 unspecified atom stereocenters. The Morgan fingerprint density at radius 2 is 1.88 bits per heavy atom. The van der Waals surface area contributed by atoms with Gasteiger partial charge < -0.3 is 15.2 Å². The van der Waals surface area contributed by atoms with Crippen molar-refractivity contribution in [2.75, 3.05) is 26.4 Å². The average Bonchev–Trinajstić information content (AvgIpc) is 2.31. The zero-order valence-electron chi connectivity index (χ0n) is 11.2. The summed E-state index contributed by atoms with van der Waals surface area (Å²) in [6.07, 6.45) is 5.99. The van der Waals surface area contributed by atoms with Gasteiger partial charge >= 0.3 is 0 Å². The number of nitrogens with one attached hydrogen (secondary N) is 1. The van der Waals surface area contributed by atoms with Gasteiger partial charge in [0.15, 0.2) is 0 Å². The Hall–Kier alpha value is -0.120. The zero-order valence-corrected chi connectivity index (χ0v) is 11.2. The Kier molecular flexibility index (Phi) is 9.99. The molecule has 0 bridgehead atoms. The van der Waals surface area contributed by atoms with E-state index in [0.717, 1.165) is 26.0 Å². The smallest absolute Gasteiger partial charge is 0.0668 e. The molecular weight excluding hydrogens is 202 g/mol. The molecule has 0 aromatic carbocycles. The molecule has 0 amide bonds. The molecule has 0 aromatic heterocycles. The Balaban J connectivity index is 3.53.